The van der Waals surface area contributed by atoms with E-state index in [0.29, 0.717) is 22.7 Å². The Bertz CT molecular complexity index is 1010. The van der Waals surface area contributed by atoms with Gasteiger partial charge in [0.05, 0.1) is 0 Å². The number of amides is 2. The zero-order valence-electron chi connectivity index (χ0n) is 19.2. The molecule has 0 aliphatic carbocycles. The molecule has 4 rings (SSSR count). The number of β-lactam (4-membered cyclic amide) rings is 2. The van der Waals surface area contributed by atoms with Crippen molar-refractivity contribution in [3.05, 3.63) is 22.5 Å². The van der Waals surface area contributed by atoms with Crippen molar-refractivity contribution < 1.29 is 48.5 Å². The molecule has 2 amide bonds. The highest BCUT2D eigenvalue weighted by Crippen LogP contribution is 2.40. The van der Waals surface area contributed by atoms with Gasteiger partial charge in [-0.2, -0.15) is 0 Å². The number of carboxylic acid groups (broad SMARTS) is 2. The van der Waals surface area contributed by atoms with Crippen LogP contribution in [0.3, 0.4) is 0 Å². The van der Waals surface area contributed by atoms with Crippen molar-refractivity contribution in [1.29, 1.82) is 0 Å². The molecule has 4 aliphatic heterocycles. The van der Waals surface area contributed by atoms with Gasteiger partial charge in [0.1, 0.15) is 47.4 Å². The lowest BCUT2D eigenvalue weighted by atomic mass is 10.0. The highest BCUT2D eigenvalue weighted by Gasteiger charge is 2.52. The largest absolute Gasteiger partial charge is 0.477 e. The smallest absolute Gasteiger partial charge is 0.352 e. The van der Waals surface area contributed by atoms with Crippen LogP contribution >= 0.6 is 23.5 Å². The van der Waals surface area contributed by atoms with E-state index >= 15 is 0 Å². The maximum Gasteiger partial charge on any atom is 0.352 e. The lowest BCUT2D eigenvalue weighted by Gasteiger charge is -2.47. The number of nitrogens with two attached hydrogens (primary N) is 2. The number of ether oxygens (including phenoxy) is 2. The van der Waals surface area contributed by atoms with Crippen molar-refractivity contribution in [2.45, 2.75) is 36.7 Å². The van der Waals surface area contributed by atoms with Crippen molar-refractivity contribution in [3.8, 4) is 0 Å². The average Bonchev–Trinajstić information content (AvgIpc) is 2.83. The first-order chi connectivity index (χ1) is 16.9. The van der Waals surface area contributed by atoms with Gasteiger partial charge in [-0.3, -0.25) is 29.0 Å². The highest BCUT2D eigenvalue weighted by molar-refractivity contribution is 8.00. The monoisotopic (exact) mass is 544 g/mol. The first-order valence-corrected chi connectivity index (χ1v) is 12.5. The van der Waals surface area contributed by atoms with Gasteiger partial charge >= 0.3 is 23.9 Å². The van der Waals surface area contributed by atoms with Gasteiger partial charge in [0.25, 0.3) is 0 Å². The number of aliphatic carboxylic acids is 2. The highest BCUT2D eigenvalue weighted by atomic mass is 32.2. The summed E-state index contributed by atoms with van der Waals surface area (Å²) in [7, 11) is 0. The van der Waals surface area contributed by atoms with E-state index in [9.17, 15) is 28.8 Å². The van der Waals surface area contributed by atoms with Crippen molar-refractivity contribution >= 4 is 59.2 Å². The number of thioether (sulfide) groups is 2. The third-order valence-corrected chi connectivity index (χ3v) is 8.20. The molecule has 0 aromatic carbocycles. The molecule has 4 heterocycles. The summed E-state index contributed by atoms with van der Waals surface area (Å²) >= 11 is 2.75. The average molecular weight is 545 g/mol. The zero-order chi connectivity index (χ0) is 26.9. The molecule has 6 N–H and O–H groups in total. The lowest BCUT2D eigenvalue weighted by molar-refractivity contribution is -0.148. The van der Waals surface area contributed by atoms with Crippen LogP contribution in [0.1, 0.15) is 13.8 Å². The topological polar surface area (TPSA) is 220 Å². The van der Waals surface area contributed by atoms with Gasteiger partial charge in [0.2, 0.25) is 11.8 Å². The fourth-order valence-corrected chi connectivity index (χ4v) is 6.31. The second kappa shape index (κ2) is 10.9. The van der Waals surface area contributed by atoms with E-state index in [2.05, 4.69) is 0 Å². The van der Waals surface area contributed by atoms with Gasteiger partial charge in [-0.05, 0) is 0 Å². The van der Waals surface area contributed by atoms with Crippen LogP contribution < -0.4 is 11.5 Å². The zero-order valence-corrected chi connectivity index (χ0v) is 20.8. The minimum Gasteiger partial charge on any atom is -0.477 e. The van der Waals surface area contributed by atoms with Crippen molar-refractivity contribution in [1.82, 2.24) is 9.80 Å². The molecule has 0 unspecified atom stereocenters. The summed E-state index contributed by atoms with van der Waals surface area (Å²) in [6, 6.07) is -1.31. The third kappa shape index (κ3) is 5.21. The molecule has 196 valence electrons. The van der Waals surface area contributed by atoms with Gasteiger partial charge in [0, 0.05) is 36.5 Å². The number of esters is 2. The number of carbonyl (C=O) groups excluding carboxylic acids is 4. The standard InChI is InChI=1S/2C10H12N2O5S/c2*1-4(13)17-2-5-3-18-9-6(11)8(14)12(9)7(5)10(15)16/h2*6,9H,2-3,11H2,1H3,(H,15,16)/t2*6-,9-/m11/s1. The van der Waals surface area contributed by atoms with Crippen LogP contribution in [0, 0.1) is 0 Å². The fourth-order valence-electron chi connectivity index (χ4n) is 3.76. The third-order valence-electron chi connectivity index (χ3n) is 5.48. The Hall–Kier alpha value is -3.08. The number of hydrogen-bond acceptors (Lipinski definition) is 12. The molecule has 0 aromatic heterocycles. The quantitative estimate of drug-likeness (QED) is 0.215. The van der Waals surface area contributed by atoms with Crippen LogP contribution in [0.15, 0.2) is 22.5 Å². The van der Waals surface area contributed by atoms with Crippen LogP contribution in [0.4, 0.5) is 0 Å². The van der Waals surface area contributed by atoms with E-state index in [1.54, 1.807) is 0 Å². The maximum atomic E-state index is 11.6. The summed E-state index contributed by atoms with van der Waals surface area (Å²) in [5.41, 5.74) is 11.8. The summed E-state index contributed by atoms with van der Waals surface area (Å²) in [5.74, 6) is -3.45. The Morgan fingerprint density at radius 2 is 1.14 bits per heavy atom. The Morgan fingerprint density at radius 1 is 0.806 bits per heavy atom. The Balaban J connectivity index is 0.000000201. The molecule has 16 heteroatoms. The first-order valence-electron chi connectivity index (χ1n) is 10.4. The van der Waals surface area contributed by atoms with Gasteiger partial charge < -0.3 is 31.2 Å². The fraction of sp³-hybridized carbons (Fsp3) is 0.500. The molecule has 0 radical (unpaired) electrons. The van der Waals surface area contributed by atoms with E-state index in [4.69, 9.17) is 31.2 Å². The second-order valence-corrected chi connectivity index (χ2v) is 10.2. The van der Waals surface area contributed by atoms with Crippen molar-refractivity contribution in [3.63, 3.8) is 0 Å². The van der Waals surface area contributed by atoms with E-state index < -0.39 is 47.8 Å². The number of carbonyl (C=O) groups is 6. The Morgan fingerprint density at radius 3 is 1.42 bits per heavy atom. The minimum atomic E-state index is -1.21. The summed E-state index contributed by atoms with van der Waals surface area (Å²) in [5, 5.41) is 17.7. The SMILES string of the molecule is CC(=O)OCC1=C(C(=O)O)N2C(=O)[C@@H](N)[C@H]2SC1.CC(=O)OCC1=C(C(=O)O)N2C(=O)[C@@H](N)[C@H]2SC1. The molecular weight excluding hydrogens is 520 g/mol. The van der Waals surface area contributed by atoms with Crippen LogP contribution in [0.5, 0.6) is 0 Å². The van der Waals surface area contributed by atoms with Crippen LogP contribution in [-0.2, 0) is 38.2 Å². The normalized spacial score (nSPS) is 26.6. The molecular formula is C20H24N4O10S2. The predicted octanol–water partition coefficient (Wildman–Crippen LogP) is -1.74. The van der Waals surface area contributed by atoms with Gasteiger partial charge in [-0.1, -0.05) is 0 Å². The summed E-state index contributed by atoms with van der Waals surface area (Å²) in [6.45, 7) is 2.25. The van der Waals surface area contributed by atoms with Crippen molar-refractivity contribution in [2.75, 3.05) is 24.7 Å². The lowest BCUT2D eigenvalue weighted by Crippen LogP contribution is -2.68. The van der Waals surface area contributed by atoms with E-state index in [1.807, 2.05) is 0 Å². The molecule has 4 atom stereocenters. The second-order valence-electron chi connectivity index (χ2n) is 7.95. The predicted molar refractivity (Wildman–Crippen MR) is 125 cm³/mol. The molecule has 2 saturated heterocycles. The van der Waals surface area contributed by atoms with Crippen molar-refractivity contribution in [2.24, 2.45) is 11.5 Å². The molecule has 0 bridgehead atoms. The molecule has 0 aromatic rings. The number of hydrogen-bond donors (Lipinski definition) is 4. The number of rotatable bonds is 6. The summed E-state index contributed by atoms with van der Waals surface area (Å²) in [4.78, 5) is 69.4. The molecule has 36 heavy (non-hydrogen) atoms. The van der Waals surface area contributed by atoms with Crippen LogP contribution in [0.2, 0.25) is 0 Å². The van der Waals surface area contributed by atoms with Crippen LogP contribution in [0.25, 0.3) is 0 Å². The van der Waals surface area contributed by atoms with Gasteiger partial charge in [-0.25, -0.2) is 9.59 Å². The van der Waals surface area contributed by atoms with Crippen LogP contribution in [-0.4, -0.2) is 103 Å². The molecule has 14 nitrogen and oxygen atoms in total. The Labute approximate surface area is 213 Å². The molecule has 0 saturated carbocycles. The van der Waals surface area contributed by atoms with E-state index in [1.165, 1.54) is 47.2 Å². The number of carboxylic acids is 2. The first kappa shape index (κ1) is 27.5. The number of nitrogens with zero attached hydrogens (tertiary/aromatic N) is 2. The molecule has 2 fully saturated rings. The summed E-state index contributed by atoms with van der Waals surface area (Å²) in [6.07, 6.45) is 0. The minimum absolute atomic E-state index is 0.105. The molecule has 0 spiro atoms. The van der Waals surface area contributed by atoms with Gasteiger partial charge in [0.15, 0.2) is 0 Å². The maximum absolute atomic E-state index is 11.6. The van der Waals surface area contributed by atoms with E-state index in [0.717, 1.165) is 0 Å². The number of fused-ring (bicyclic) bond motifs is 2. The molecule has 4 aliphatic rings. The Kier molecular flexibility index (Phi) is 8.33. The summed E-state index contributed by atoms with van der Waals surface area (Å²) < 4.78 is 9.58. The van der Waals surface area contributed by atoms with E-state index in [-0.39, 0.29) is 35.4 Å². The van der Waals surface area contributed by atoms with Gasteiger partial charge in [-0.15, -0.1) is 23.5 Å².